The fourth-order valence-electron chi connectivity index (χ4n) is 7.20. The van der Waals surface area contributed by atoms with E-state index in [4.69, 9.17) is 39.5 Å². The van der Waals surface area contributed by atoms with E-state index in [-0.39, 0.29) is 88.6 Å². The maximum atomic E-state index is 14.5. The SMILES string of the molecule is CCN(CC(F)(F)F)C(=O)c1c(NC(=O)c2cc(OC3CSC3)nn2-c2ncccc2Cl)c(C)cc2cc(NC(=O)c3c(NC(=O)c4cc(Br)nn4-c4ncccc4Cl)c(Cl)cc4ccnn34)nn12. The molecule has 9 heterocycles. The van der Waals surface area contributed by atoms with Gasteiger partial charge in [-0.15, -0.1) is 10.2 Å². The summed E-state index contributed by atoms with van der Waals surface area (Å²) in [6.07, 6.45) is -0.690. The lowest BCUT2D eigenvalue weighted by atomic mass is 10.1. The van der Waals surface area contributed by atoms with Gasteiger partial charge in [-0.2, -0.15) is 35.1 Å². The molecule has 19 nitrogen and oxygen atoms in total. The average Bonchev–Trinajstić information content (AvgIpc) is 4.10. The number of fused-ring (bicyclic) bond motifs is 2. The molecule has 69 heavy (non-hydrogen) atoms. The Balaban J connectivity index is 1.10. The third-order valence-corrected chi connectivity index (χ3v) is 12.9. The van der Waals surface area contributed by atoms with Crippen molar-refractivity contribution in [2.24, 2.45) is 0 Å². The van der Waals surface area contributed by atoms with Crippen molar-refractivity contribution >= 4 is 114 Å². The van der Waals surface area contributed by atoms with Gasteiger partial charge in [0.25, 0.3) is 23.6 Å². The van der Waals surface area contributed by atoms with Crippen LogP contribution in [0, 0.1) is 6.92 Å². The number of pyridine rings is 4. The summed E-state index contributed by atoms with van der Waals surface area (Å²) in [5.74, 6) is -2.27. The Morgan fingerprint density at radius 3 is 2.06 bits per heavy atom. The van der Waals surface area contributed by atoms with Gasteiger partial charge in [0.2, 0.25) is 5.88 Å². The lowest BCUT2D eigenvalue weighted by Gasteiger charge is -2.24. The van der Waals surface area contributed by atoms with Crippen molar-refractivity contribution in [2.45, 2.75) is 26.1 Å². The molecule has 1 saturated heterocycles. The lowest BCUT2D eigenvalue weighted by molar-refractivity contribution is -0.140. The molecular formula is C42H31BrCl3F3N14O5S. The zero-order chi connectivity index (χ0) is 48.9. The molecule has 1 fully saturated rings. The number of aromatic nitrogens is 10. The predicted molar refractivity (Wildman–Crippen MR) is 254 cm³/mol. The summed E-state index contributed by atoms with van der Waals surface area (Å²) in [7, 11) is 0. The second-order valence-corrected chi connectivity index (χ2v) is 18.1. The molecule has 0 aliphatic carbocycles. The van der Waals surface area contributed by atoms with Gasteiger partial charge < -0.3 is 25.6 Å². The zero-order valence-electron chi connectivity index (χ0n) is 35.4. The Kier molecular flexibility index (Phi) is 13.0. The second kappa shape index (κ2) is 19.0. The smallest absolute Gasteiger partial charge is 0.406 e. The van der Waals surface area contributed by atoms with E-state index in [1.54, 1.807) is 36.0 Å². The molecule has 0 radical (unpaired) electrons. The number of hydrogen-bond donors (Lipinski definition) is 3. The summed E-state index contributed by atoms with van der Waals surface area (Å²) in [5, 5.41) is 25.7. The third kappa shape index (κ3) is 9.53. The van der Waals surface area contributed by atoms with Gasteiger partial charge in [0.15, 0.2) is 28.8 Å². The van der Waals surface area contributed by atoms with Crippen molar-refractivity contribution in [1.82, 2.24) is 53.7 Å². The highest BCUT2D eigenvalue weighted by molar-refractivity contribution is 9.10. The van der Waals surface area contributed by atoms with E-state index in [2.05, 4.69) is 62.2 Å². The summed E-state index contributed by atoms with van der Waals surface area (Å²) >= 11 is 24.6. The maximum absolute atomic E-state index is 14.5. The number of carbonyl (C=O) groups excluding carboxylic acids is 4. The first kappa shape index (κ1) is 47.3. The number of nitrogens with zero attached hydrogens (tertiary/aromatic N) is 11. The maximum Gasteiger partial charge on any atom is 0.406 e. The van der Waals surface area contributed by atoms with Crippen molar-refractivity contribution in [3.05, 3.63) is 127 Å². The van der Waals surface area contributed by atoms with Crippen molar-refractivity contribution in [1.29, 1.82) is 0 Å². The topological polar surface area (TPSA) is 213 Å². The van der Waals surface area contributed by atoms with Gasteiger partial charge in [0, 0.05) is 48.6 Å². The van der Waals surface area contributed by atoms with Crippen LogP contribution in [0.15, 0.2) is 83.9 Å². The first-order chi connectivity index (χ1) is 33.0. The highest BCUT2D eigenvalue weighted by Crippen LogP contribution is 2.34. The highest BCUT2D eigenvalue weighted by Gasteiger charge is 2.36. The fourth-order valence-corrected chi connectivity index (χ4v) is 8.79. The Morgan fingerprint density at radius 1 is 0.783 bits per heavy atom. The van der Waals surface area contributed by atoms with Gasteiger partial charge in [0.1, 0.15) is 28.6 Å². The monoisotopic (exact) mass is 1080 g/mol. The zero-order valence-corrected chi connectivity index (χ0v) is 40.1. The average molecular weight is 1090 g/mol. The number of nitrogens with one attached hydrogen (secondary N) is 3. The van der Waals surface area contributed by atoms with Gasteiger partial charge in [-0.05, 0) is 77.8 Å². The van der Waals surface area contributed by atoms with Crippen LogP contribution >= 0.6 is 62.5 Å². The molecule has 0 unspecified atom stereocenters. The molecule has 354 valence electrons. The summed E-state index contributed by atoms with van der Waals surface area (Å²) < 4.78 is 52.7. The summed E-state index contributed by atoms with van der Waals surface area (Å²) in [5.41, 5.74) is -0.665. The number of aryl methyl sites for hydroxylation is 1. The molecular weight excluding hydrogens is 1060 g/mol. The molecule has 3 N–H and O–H groups in total. The number of thioether (sulfide) groups is 1. The molecule has 0 saturated carbocycles. The molecule has 8 aromatic rings. The molecule has 1 aliphatic heterocycles. The van der Waals surface area contributed by atoms with Gasteiger partial charge in [0.05, 0.1) is 43.7 Å². The number of amides is 4. The number of anilines is 3. The quantitative estimate of drug-likeness (QED) is 0.0993. The lowest BCUT2D eigenvalue weighted by Crippen LogP contribution is -2.40. The number of ether oxygens (including phenoxy) is 1. The number of alkyl halides is 3. The van der Waals surface area contributed by atoms with Crippen LogP contribution in [-0.4, -0.2) is 114 Å². The molecule has 27 heteroatoms. The Bertz CT molecular complexity index is 3380. The van der Waals surface area contributed by atoms with E-state index in [9.17, 15) is 32.3 Å². The van der Waals surface area contributed by atoms with Crippen LogP contribution in [0.4, 0.5) is 30.4 Å². The van der Waals surface area contributed by atoms with Crippen LogP contribution in [0.2, 0.25) is 15.1 Å². The molecule has 1 aliphatic rings. The van der Waals surface area contributed by atoms with E-state index in [1.807, 2.05) is 0 Å². The molecule has 0 spiro atoms. The molecule has 0 bridgehead atoms. The van der Waals surface area contributed by atoms with Gasteiger partial charge in [-0.3, -0.25) is 19.2 Å². The molecule has 0 atom stereocenters. The van der Waals surface area contributed by atoms with Crippen molar-refractivity contribution in [3.8, 4) is 17.5 Å². The summed E-state index contributed by atoms with van der Waals surface area (Å²) in [6.45, 7) is 0.845. The Morgan fingerprint density at radius 2 is 1.43 bits per heavy atom. The van der Waals surface area contributed by atoms with Crippen LogP contribution in [-0.2, 0) is 0 Å². The van der Waals surface area contributed by atoms with Crippen LogP contribution in [0.3, 0.4) is 0 Å². The molecule has 8 aromatic heterocycles. The third-order valence-electron chi connectivity index (χ3n) is 10.4. The largest absolute Gasteiger partial charge is 0.472 e. The first-order valence-corrected chi connectivity index (χ1v) is 23.4. The number of halogens is 7. The van der Waals surface area contributed by atoms with Gasteiger partial charge in [-0.25, -0.2) is 28.4 Å². The van der Waals surface area contributed by atoms with Crippen LogP contribution in [0.25, 0.3) is 22.7 Å². The summed E-state index contributed by atoms with van der Waals surface area (Å²) in [4.78, 5) is 66.4. The highest BCUT2D eigenvalue weighted by atomic mass is 79.9. The molecule has 4 amide bonds. The Hall–Kier alpha value is -6.73. The number of rotatable bonds is 13. The van der Waals surface area contributed by atoms with Crippen molar-refractivity contribution < 1.29 is 37.1 Å². The minimum Gasteiger partial charge on any atom is -0.472 e. The van der Waals surface area contributed by atoms with E-state index >= 15 is 0 Å². The van der Waals surface area contributed by atoms with E-state index < -0.39 is 48.6 Å². The normalized spacial score (nSPS) is 12.8. The fraction of sp³-hybridized carbons (Fsp3) is 0.190. The molecule has 9 rings (SSSR count). The number of hydrogen-bond acceptors (Lipinski definition) is 12. The van der Waals surface area contributed by atoms with E-state index in [0.717, 1.165) is 9.20 Å². The first-order valence-electron chi connectivity index (χ1n) is 20.3. The van der Waals surface area contributed by atoms with Gasteiger partial charge in [-0.1, -0.05) is 34.8 Å². The number of carbonyl (C=O) groups is 4. The van der Waals surface area contributed by atoms with Crippen molar-refractivity contribution in [3.63, 3.8) is 0 Å². The second-order valence-electron chi connectivity index (χ2n) is 15.0. The van der Waals surface area contributed by atoms with Crippen LogP contribution in [0.1, 0.15) is 54.4 Å². The van der Waals surface area contributed by atoms with E-state index in [1.165, 1.54) is 78.0 Å². The summed E-state index contributed by atoms with van der Waals surface area (Å²) in [6, 6.07) is 14.9. The van der Waals surface area contributed by atoms with Crippen LogP contribution < -0.4 is 20.7 Å². The predicted octanol–water partition coefficient (Wildman–Crippen LogP) is 8.45. The van der Waals surface area contributed by atoms with E-state index in [0.29, 0.717) is 21.9 Å². The Labute approximate surface area is 414 Å². The van der Waals surface area contributed by atoms with Crippen molar-refractivity contribution in [2.75, 3.05) is 40.5 Å². The van der Waals surface area contributed by atoms with Crippen LogP contribution in [0.5, 0.6) is 5.88 Å². The van der Waals surface area contributed by atoms with Gasteiger partial charge >= 0.3 is 6.18 Å². The molecule has 0 aromatic carbocycles. The minimum atomic E-state index is -4.81. The minimum absolute atomic E-state index is 0.0560. The standard InChI is InChI=1S/C42H31BrCl3F3N14O5S/c1-3-59(19-42(47,48)49)41(67)35-32(54-39(65)28-16-31(68-23-17-69-18-23)58-63(28)37-25(45)7-5-10-51-37)20(2)12-22-14-30(57-61(22)35)53-40(66)34-33(26(46)13-21-8-11-52-60(21)34)55-38(64)27-15-29(43)56-62(27)36-24(44)6-4-9-50-36/h4-16,23H,3,17-19H2,1-2H3,(H,54,65)(H,55,64)(H,53,57,66).